The van der Waals surface area contributed by atoms with Gasteiger partial charge in [-0.3, -0.25) is 4.79 Å². The predicted molar refractivity (Wildman–Crippen MR) is 69.7 cm³/mol. The lowest BCUT2D eigenvalue weighted by Crippen LogP contribution is -2.56. The number of hydrogen-bond donors (Lipinski definition) is 2. The molecule has 2 fully saturated rings. The molecule has 0 aromatic carbocycles. The Kier molecular flexibility index (Phi) is 3.76. The molecule has 2 aliphatic rings. The Labute approximate surface area is 105 Å². The molecule has 1 aliphatic heterocycles. The van der Waals surface area contributed by atoms with E-state index < -0.39 is 0 Å². The minimum atomic E-state index is 0.0738. The first-order valence-electron chi connectivity index (χ1n) is 6.99. The third kappa shape index (κ3) is 3.01. The van der Waals surface area contributed by atoms with Crippen molar-refractivity contribution in [3.8, 4) is 0 Å². The van der Waals surface area contributed by atoms with E-state index in [0.717, 1.165) is 19.0 Å². The maximum Gasteiger partial charge on any atom is 0.237 e. The van der Waals surface area contributed by atoms with Crippen LogP contribution in [0.3, 0.4) is 0 Å². The Bertz CT molecular complexity index is 274. The first-order valence-corrected chi connectivity index (χ1v) is 6.99. The van der Waals surface area contributed by atoms with Crippen LogP contribution in [0.25, 0.3) is 0 Å². The summed E-state index contributed by atoms with van der Waals surface area (Å²) in [4.78, 5) is 11.8. The van der Waals surface area contributed by atoms with Gasteiger partial charge in [0.2, 0.25) is 5.91 Å². The van der Waals surface area contributed by atoms with Crippen LogP contribution < -0.4 is 10.6 Å². The summed E-state index contributed by atoms with van der Waals surface area (Å²) >= 11 is 0. The van der Waals surface area contributed by atoms with E-state index in [4.69, 9.17) is 0 Å². The first-order chi connectivity index (χ1) is 7.98. The van der Waals surface area contributed by atoms with Crippen LogP contribution in [0, 0.1) is 17.3 Å². The van der Waals surface area contributed by atoms with Gasteiger partial charge in [-0.25, -0.2) is 0 Å². The zero-order valence-corrected chi connectivity index (χ0v) is 11.4. The fraction of sp³-hybridized carbons (Fsp3) is 0.929. The van der Waals surface area contributed by atoms with Crippen molar-refractivity contribution < 1.29 is 4.79 Å². The average Bonchev–Trinajstić information content (AvgIpc) is 2.29. The summed E-state index contributed by atoms with van der Waals surface area (Å²) < 4.78 is 0. The van der Waals surface area contributed by atoms with Crippen molar-refractivity contribution in [2.24, 2.45) is 17.3 Å². The standard InChI is InChI=1S/C14H26N2O/c1-14(2,3)11-6-4-10(5-7-11)12-13(17)16-9-8-15-12/h10-12,15H,4-9H2,1-3H3,(H,16,17). The highest BCUT2D eigenvalue weighted by Gasteiger charge is 2.36. The van der Waals surface area contributed by atoms with Crippen molar-refractivity contribution in [2.45, 2.75) is 52.5 Å². The molecular weight excluding hydrogens is 212 g/mol. The summed E-state index contributed by atoms with van der Waals surface area (Å²) in [7, 11) is 0. The minimum Gasteiger partial charge on any atom is -0.353 e. The normalized spacial score (nSPS) is 35.5. The molecular formula is C14H26N2O. The molecule has 2 rings (SSSR count). The Balaban J connectivity index is 1.88. The Morgan fingerprint density at radius 3 is 2.24 bits per heavy atom. The molecule has 2 N–H and O–H groups in total. The van der Waals surface area contributed by atoms with Gasteiger partial charge >= 0.3 is 0 Å². The lowest BCUT2D eigenvalue weighted by atomic mass is 9.68. The summed E-state index contributed by atoms with van der Waals surface area (Å²) in [5, 5.41) is 6.35. The molecule has 1 unspecified atom stereocenters. The zero-order valence-electron chi connectivity index (χ0n) is 11.4. The van der Waals surface area contributed by atoms with E-state index in [1.165, 1.54) is 25.7 Å². The average molecular weight is 238 g/mol. The van der Waals surface area contributed by atoms with Crippen molar-refractivity contribution in [3.63, 3.8) is 0 Å². The predicted octanol–water partition coefficient (Wildman–Crippen LogP) is 1.93. The van der Waals surface area contributed by atoms with Crippen molar-refractivity contribution >= 4 is 5.91 Å². The van der Waals surface area contributed by atoms with Gasteiger partial charge in [0.05, 0.1) is 6.04 Å². The highest BCUT2D eigenvalue weighted by Crippen LogP contribution is 2.40. The zero-order chi connectivity index (χ0) is 12.5. The molecule has 1 amide bonds. The first kappa shape index (κ1) is 12.9. The third-order valence-corrected chi connectivity index (χ3v) is 4.54. The van der Waals surface area contributed by atoms with Crippen molar-refractivity contribution in [3.05, 3.63) is 0 Å². The van der Waals surface area contributed by atoms with Gasteiger partial charge in [-0.1, -0.05) is 20.8 Å². The molecule has 0 bridgehead atoms. The second-order valence-corrected chi connectivity index (χ2v) is 6.70. The smallest absolute Gasteiger partial charge is 0.237 e. The van der Waals surface area contributed by atoms with E-state index in [0.29, 0.717) is 11.3 Å². The topological polar surface area (TPSA) is 41.1 Å². The lowest BCUT2D eigenvalue weighted by molar-refractivity contribution is -0.126. The van der Waals surface area contributed by atoms with E-state index >= 15 is 0 Å². The van der Waals surface area contributed by atoms with E-state index in [9.17, 15) is 4.79 Å². The van der Waals surface area contributed by atoms with Crippen LogP contribution in [-0.2, 0) is 4.79 Å². The van der Waals surface area contributed by atoms with E-state index in [2.05, 4.69) is 31.4 Å². The Morgan fingerprint density at radius 2 is 1.71 bits per heavy atom. The fourth-order valence-corrected chi connectivity index (χ4v) is 3.32. The largest absolute Gasteiger partial charge is 0.353 e. The number of amides is 1. The molecule has 0 aromatic heterocycles. The van der Waals surface area contributed by atoms with Gasteiger partial charge in [-0.05, 0) is 42.9 Å². The van der Waals surface area contributed by atoms with Gasteiger partial charge in [0.25, 0.3) is 0 Å². The van der Waals surface area contributed by atoms with E-state index in [1.807, 2.05) is 0 Å². The SMILES string of the molecule is CC(C)(C)C1CCC(C2NCCNC2=O)CC1. The van der Waals surface area contributed by atoms with Gasteiger partial charge in [0, 0.05) is 13.1 Å². The van der Waals surface area contributed by atoms with Gasteiger partial charge in [0.15, 0.2) is 0 Å². The number of rotatable bonds is 1. The molecule has 3 nitrogen and oxygen atoms in total. The monoisotopic (exact) mass is 238 g/mol. The second-order valence-electron chi connectivity index (χ2n) is 6.70. The Hall–Kier alpha value is -0.570. The number of carbonyl (C=O) groups excluding carboxylic acids is 1. The highest BCUT2D eigenvalue weighted by atomic mass is 16.2. The number of hydrogen-bond acceptors (Lipinski definition) is 2. The molecule has 0 radical (unpaired) electrons. The molecule has 98 valence electrons. The molecule has 0 spiro atoms. The van der Waals surface area contributed by atoms with Gasteiger partial charge < -0.3 is 10.6 Å². The summed E-state index contributed by atoms with van der Waals surface area (Å²) in [6.07, 6.45) is 4.96. The third-order valence-electron chi connectivity index (χ3n) is 4.54. The molecule has 1 aliphatic carbocycles. The molecule has 1 saturated heterocycles. The van der Waals surface area contributed by atoms with Crippen LogP contribution in [0.2, 0.25) is 0 Å². The van der Waals surface area contributed by atoms with Gasteiger partial charge in [-0.15, -0.1) is 0 Å². The number of nitrogens with one attached hydrogen (secondary N) is 2. The molecule has 17 heavy (non-hydrogen) atoms. The van der Waals surface area contributed by atoms with Crippen LogP contribution in [0.5, 0.6) is 0 Å². The summed E-state index contributed by atoms with van der Waals surface area (Å²) in [5.41, 5.74) is 0.424. The molecule has 1 atom stereocenters. The molecule has 1 heterocycles. The van der Waals surface area contributed by atoms with E-state index in [1.54, 1.807) is 0 Å². The highest BCUT2D eigenvalue weighted by molar-refractivity contribution is 5.82. The second kappa shape index (κ2) is 4.97. The van der Waals surface area contributed by atoms with Crippen molar-refractivity contribution in [1.82, 2.24) is 10.6 Å². The van der Waals surface area contributed by atoms with Crippen LogP contribution >= 0.6 is 0 Å². The quantitative estimate of drug-likeness (QED) is 0.733. The minimum absolute atomic E-state index is 0.0738. The van der Waals surface area contributed by atoms with Gasteiger partial charge in [-0.2, -0.15) is 0 Å². The van der Waals surface area contributed by atoms with E-state index in [-0.39, 0.29) is 11.9 Å². The van der Waals surface area contributed by atoms with Crippen LogP contribution in [-0.4, -0.2) is 25.0 Å². The maximum atomic E-state index is 11.8. The molecule has 1 saturated carbocycles. The summed E-state index contributed by atoms with van der Waals surface area (Å²) in [6.45, 7) is 8.72. The number of carbonyl (C=O) groups is 1. The fourth-order valence-electron chi connectivity index (χ4n) is 3.32. The lowest BCUT2D eigenvalue weighted by Gasteiger charge is -2.40. The van der Waals surface area contributed by atoms with Crippen molar-refractivity contribution in [2.75, 3.05) is 13.1 Å². The van der Waals surface area contributed by atoms with Crippen LogP contribution in [0.15, 0.2) is 0 Å². The molecule has 3 heteroatoms. The maximum absolute atomic E-state index is 11.8. The van der Waals surface area contributed by atoms with Crippen LogP contribution in [0.1, 0.15) is 46.5 Å². The van der Waals surface area contributed by atoms with Crippen LogP contribution in [0.4, 0.5) is 0 Å². The Morgan fingerprint density at radius 1 is 1.06 bits per heavy atom. The van der Waals surface area contributed by atoms with Crippen molar-refractivity contribution in [1.29, 1.82) is 0 Å². The molecule has 0 aromatic rings. The number of piperazine rings is 1. The summed E-state index contributed by atoms with van der Waals surface area (Å²) in [6, 6.07) is 0.0738. The summed E-state index contributed by atoms with van der Waals surface area (Å²) in [5.74, 6) is 1.59. The van der Waals surface area contributed by atoms with Gasteiger partial charge in [0.1, 0.15) is 0 Å².